The number of carbonyl (C=O) groups excluding carboxylic acids is 1. The highest BCUT2D eigenvalue weighted by atomic mass is 32.2. The molecule has 3 heterocycles. The number of rotatable bonds is 4. The predicted molar refractivity (Wildman–Crippen MR) is 87.3 cm³/mol. The number of nitrogens with two attached hydrogens (primary N) is 1. The summed E-state index contributed by atoms with van der Waals surface area (Å²) in [7, 11) is 0. The fourth-order valence-corrected chi connectivity index (χ4v) is 4.10. The molecule has 8 heteroatoms. The Bertz CT molecular complexity index is 798. The number of primary amides is 1. The number of fused-ring (bicyclic) bond motifs is 2. The SMILES string of the molecule is CCC1(C)Cc2c(sc3nc(SCC(N)=O)[nH]c3c2=O)CO1. The van der Waals surface area contributed by atoms with E-state index in [9.17, 15) is 9.59 Å². The largest absolute Gasteiger partial charge is 0.369 e. The number of hydrogen-bond donors (Lipinski definition) is 2. The van der Waals surface area contributed by atoms with Crippen molar-refractivity contribution in [3.05, 3.63) is 20.7 Å². The van der Waals surface area contributed by atoms with Gasteiger partial charge < -0.3 is 15.5 Å². The van der Waals surface area contributed by atoms with Crippen LogP contribution in [0.4, 0.5) is 0 Å². The summed E-state index contributed by atoms with van der Waals surface area (Å²) < 4.78 is 5.90. The first kappa shape index (κ1) is 15.5. The molecule has 3 rings (SSSR count). The summed E-state index contributed by atoms with van der Waals surface area (Å²) in [5, 5.41) is 0.545. The standard InChI is InChI=1S/C14H17N3O3S2/c1-3-14(2)4-7-8(5-20-14)22-12-10(11(7)19)16-13(17-12)21-6-9(15)18/h3-6H2,1-2H3,(H2,15,18)(H,16,17). The Kier molecular flexibility index (Phi) is 4.00. The van der Waals surface area contributed by atoms with Gasteiger partial charge in [-0.2, -0.15) is 0 Å². The summed E-state index contributed by atoms with van der Waals surface area (Å²) in [5.74, 6) is -0.280. The summed E-state index contributed by atoms with van der Waals surface area (Å²) in [6, 6.07) is 0. The smallest absolute Gasteiger partial charge is 0.227 e. The van der Waals surface area contributed by atoms with E-state index in [1.54, 1.807) is 0 Å². The summed E-state index contributed by atoms with van der Waals surface area (Å²) in [5.41, 5.74) is 6.17. The van der Waals surface area contributed by atoms with E-state index in [0.29, 0.717) is 28.5 Å². The van der Waals surface area contributed by atoms with E-state index >= 15 is 0 Å². The number of amides is 1. The second kappa shape index (κ2) is 5.68. The maximum atomic E-state index is 12.7. The van der Waals surface area contributed by atoms with Crippen LogP contribution in [-0.4, -0.2) is 27.2 Å². The van der Waals surface area contributed by atoms with Gasteiger partial charge in [-0.15, -0.1) is 11.3 Å². The zero-order chi connectivity index (χ0) is 15.9. The van der Waals surface area contributed by atoms with Gasteiger partial charge in [-0.25, -0.2) is 4.98 Å². The average molecular weight is 339 g/mol. The molecule has 2 aromatic rings. The molecule has 0 saturated carbocycles. The molecule has 1 aliphatic heterocycles. The first-order chi connectivity index (χ1) is 10.4. The molecule has 0 aliphatic carbocycles. The predicted octanol–water partition coefficient (Wildman–Crippen LogP) is 1.80. The van der Waals surface area contributed by atoms with Gasteiger partial charge in [-0.1, -0.05) is 18.7 Å². The zero-order valence-corrected chi connectivity index (χ0v) is 14.0. The summed E-state index contributed by atoms with van der Waals surface area (Å²) in [6.07, 6.45) is 1.48. The Morgan fingerprint density at radius 1 is 1.59 bits per heavy atom. The molecule has 0 saturated heterocycles. The van der Waals surface area contributed by atoms with Crippen molar-refractivity contribution in [2.24, 2.45) is 5.73 Å². The summed E-state index contributed by atoms with van der Waals surface area (Å²) >= 11 is 2.68. The number of thioether (sulfide) groups is 1. The van der Waals surface area contributed by atoms with Crippen molar-refractivity contribution < 1.29 is 9.53 Å². The van der Waals surface area contributed by atoms with Gasteiger partial charge in [-0.05, 0) is 13.3 Å². The van der Waals surface area contributed by atoms with E-state index in [2.05, 4.69) is 16.9 Å². The average Bonchev–Trinajstić information content (AvgIpc) is 2.90. The van der Waals surface area contributed by atoms with Gasteiger partial charge in [0.15, 0.2) is 5.16 Å². The molecule has 118 valence electrons. The highest BCUT2D eigenvalue weighted by Crippen LogP contribution is 2.33. The molecule has 1 amide bonds. The van der Waals surface area contributed by atoms with Gasteiger partial charge in [0.1, 0.15) is 10.3 Å². The molecule has 3 N–H and O–H groups in total. The normalized spacial score (nSPS) is 21.0. The van der Waals surface area contributed by atoms with E-state index in [1.165, 1.54) is 23.1 Å². The minimum absolute atomic E-state index is 0.00912. The minimum Gasteiger partial charge on any atom is -0.369 e. The van der Waals surface area contributed by atoms with E-state index in [4.69, 9.17) is 10.5 Å². The zero-order valence-electron chi connectivity index (χ0n) is 12.4. The van der Waals surface area contributed by atoms with Crippen molar-refractivity contribution in [2.45, 2.75) is 44.1 Å². The summed E-state index contributed by atoms with van der Waals surface area (Å²) in [6.45, 7) is 4.55. The van der Waals surface area contributed by atoms with E-state index in [-0.39, 0.29) is 16.8 Å². The minimum atomic E-state index is -0.414. The van der Waals surface area contributed by atoms with Crippen LogP contribution in [0.15, 0.2) is 9.95 Å². The number of ether oxygens (including phenoxy) is 1. The number of carbonyl (C=O) groups is 1. The fraction of sp³-hybridized carbons (Fsp3) is 0.500. The molecule has 1 atom stereocenters. The van der Waals surface area contributed by atoms with Gasteiger partial charge >= 0.3 is 0 Å². The van der Waals surface area contributed by atoms with Gasteiger partial charge in [0.25, 0.3) is 0 Å². The van der Waals surface area contributed by atoms with Crippen LogP contribution in [0.1, 0.15) is 30.7 Å². The van der Waals surface area contributed by atoms with Crippen molar-refractivity contribution in [2.75, 3.05) is 5.75 Å². The van der Waals surface area contributed by atoms with Gasteiger partial charge in [-0.3, -0.25) is 9.59 Å². The van der Waals surface area contributed by atoms with Crippen molar-refractivity contribution in [1.29, 1.82) is 0 Å². The van der Waals surface area contributed by atoms with Crippen LogP contribution < -0.4 is 11.2 Å². The van der Waals surface area contributed by atoms with Crippen molar-refractivity contribution >= 4 is 39.4 Å². The highest BCUT2D eigenvalue weighted by molar-refractivity contribution is 7.99. The molecular formula is C14H17N3O3S2. The number of nitrogens with zero attached hydrogens (tertiary/aromatic N) is 1. The lowest BCUT2D eigenvalue weighted by Gasteiger charge is -2.33. The van der Waals surface area contributed by atoms with Crippen LogP contribution >= 0.6 is 23.1 Å². The molecule has 0 radical (unpaired) electrons. The number of nitrogens with one attached hydrogen (secondary N) is 1. The third-order valence-corrected chi connectivity index (χ3v) is 5.90. The molecule has 0 bridgehead atoms. The Hall–Kier alpha value is -1.38. The van der Waals surface area contributed by atoms with Crippen LogP contribution in [0.2, 0.25) is 0 Å². The third kappa shape index (κ3) is 2.78. The Balaban J connectivity index is 2.02. The monoisotopic (exact) mass is 339 g/mol. The molecular weight excluding hydrogens is 322 g/mol. The number of aromatic nitrogens is 2. The fourth-order valence-electron chi connectivity index (χ4n) is 2.42. The second-order valence-electron chi connectivity index (χ2n) is 5.58. The lowest BCUT2D eigenvalue weighted by Crippen LogP contribution is -2.37. The summed E-state index contributed by atoms with van der Waals surface area (Å²) in [4.78, 5) is 32.5. The van der Waals surface area contributed by atoms with Crippen LogP contribution in [0.3, 0.4) is 0 Å². The lowest BCUT2D eigenvalue weighted by molar-refractivity contribution is -0.115. The van der Waals surface area contributed by atoms with Crippen molar-refractivity contribution in [3.8, 4) is 0 Å². The molecule has 0 fully saturated rings. The molecule has 6 nitrogen and oxygen atoms in total. The van der Waals surface area contributed by atoms with Crippen molar-refractivity contribution in [1.82, 2.24) is 9.97 Å². The van der Waals surface area contributed by atoms with E-state index in [1.807, 2.05) is 6.92 Å². The van der Waals surface area contributed by atoms with Crippen molar-refractivity contribution in [3.63, 3.8) is 0 Å². The van der Waals surface area contributed by atoms with Gasteiger partial charge in [0, 0.05) is 16.9 Å². The molecule has 0 aromatic carbocycles. The molecule has 1 aliphatic rings. The Morgan fingerprint density at radius 2 is 2.36 bits per heavy atom. The number of imidazole rings is 1. The van der Waals surface area contributed by atoms with Crippen LogP contribution in [-0.2, 0) is 22.6 Å². The molecule has 22 heavy (non-hydrogen) atoms. The number of H-pyrrole nitrogens is 1. The Labute approximate surface area is 135 Å². The Morgan fingerprint density at radius 3 is 3.05 bits per heavy atom. The van der Waals surface area contributed by atoms with Gasteiger partial charge in [0.05, 0.1) is 18.0 Å². The number of aromatic amines is 1. The molecule has 1 unspecified atom stereocenters. The second-order valence-corrected chi connectivity index (χ2v) is 7.63. The molecule has 0 spiro atoms. The van der Waals surface area contributed by atoms with Crippen LogP contribution in [0.25, 0.3) is 10.3 Å². The van der Waals surface area contributed by atoms with Crippen LogP contribution in [0, 0.1) is 0 Å². The highest BCUT2D eigenvalue weighted by Gasteiger charge is 2.32. The topological polar surface area (TPSA) is 98.1 Å². The third-order valence-electron chi connectivity index (χ3n) is 3.91. The van der Waals surface area contributed by atoms with E-state index in [0.717, 1.165) is 16.9 Å². The molecule has 2 aromatic heterocycles. The van der Waals surface area contributed by atoms with Crippen LogP contribution in [0.5, 0.6) is 0 Å². The first-order valence-electron chi connectivity index (χ1n) is 7.01. The maximum Gasteiger partial charge on any atom is 0.227 e. The lowest BCUT2D eigenvalue weighted by atomic mass is 9.91. The number of hydrogen-bond acceptors (Lipinski definition) is 6. The van der Waals surface area contributed by atoms with Gasteiger partial charge in [0.2, 0.25) is 11.3 Å². The first-order valence-corrected chi connectivity index (χ1v) is 8.81. The quantitative estimate of drug-likeness (QED) is 0.828. The maximum absolute atomic E-state index is 12.7. The van der Waals surface area contributed by atoms with E-state index < -0.39 is 5.91 Å².